The molecule has 2 nitrogen and oxygen atoms in total. The molecule has 0 amide bonds. The zero-order chi connectivity index (χ0) is 11.4. The minimum atomic E-state index is -1.08. The van der Waals surface area contributed by atoms with Gasteiger partial charge in [0.2, 0.25) is 0 Å². The first-order chi connectivity index (χ1) is 7.10. The lowest BCUT2D eigenvalue weighted by Gasteiger charge is -2.06. The van der Waals surface area contributed by atoms with Crippen LogP contribution in [0.4, 0.5) is 0 Å². The average Bonchev–Trinajstić information content (AvgIpc) is 2.26. The molecule has 1 aromatic carbocycles. The largest absolute Gasteiger partial charge is 0.293 e. The minimum Gasteiger partial charge on any atom is -0.293 e. The molecule has 0 spiro atoms. The zero-order valence-corrected chi connectivity index (χ0v) is 12.7. The number of hydrogen-bond donors (Lipinski definition) is 0. The van der Waals surface area contributed by atoms with E-state index in [0.29, 0.717) is 16.2 Å². The molecule has 0 saturated heterocycles. The molecule has 0 aliphatic rings. The maximum absolute atomic E-state index is 11.7. The quantitative estimate of drug-likeness (QED) is 0.442. The Labute approximate surface area is 114 Å². The van der Waals surface area contributed by atoms with Crippen molar-refractivity contribution in [2.45, 2.75) is 11.8 Å². The Bertz CT molecular complexity index is 406. The smallest absolute Gasteiger partial charge is 0.174 e. The SMILES string of the molecule is CCS(=O)c1cc(I)ccc1C(=O)CBr. The molecule has 1 unspecified atom stereocenters. The number of hydrogen-bond acceptors (Lipinski definition) is 2. The lowest BCUT2D eigenvalue weighted by molar-refractivity contribution is 0.102. The van der Waals surface area contributed by atoms with Crippen LogP contribution in [0.15, 0.2) is 23.1 Å². The van der Waals surface area contributed by atoms with Gasteiger partial charge < -0.3 is 0 Å². The zero-order valence-electron chi connectivity index (χ0n) is 8.13. The van der Waals surface area contributed by atoms with Crippen molar-refractivity contribution >= 4 is 55.1 Å². The highest BCUT2D eigenvalue weighted by Crippen LogP contribution is 2.19. The van der Waals surface area contributed by atoms with E-state index in [2.05, 4.69) is 38.5 Å². The fourth-order valence-corrected chi connectivity index (χ4v) is 3.14. The maximum Gasteiger partial charge on any atom is 0.174 e. The van der Waals surface area contributed by atoms with Gasteiger partial charge in [-0.15, -0.1) is 0 Å². The van der Waals surface area contributed by atoms with Crippen LogP contribution < -0.4 is 0 Å². The Morgan fingerprint density at radius 2 is 2.20 bits per heavy atom. The van der Waals surface area contributed by atoms with Crippen LogP contribution in [0.1, 0.15) is 17.3 Å². The van der Waals surface area contributed by atoms with E-state index in [1.807, 2.05) is 19.1 Å². The van der Waals surface area contributed by atoms with E-state index in [0.717, 1.165) is 3.57 Å². The fraction of sp³-hybridized carbons (Fsp3) is 0.300. The summed E-state index contributed by atoms with van der Waals surface area (Å²) in [5.74, 6) is 0.506. The number of Topliss-reactive ketones (excluding diaryl/α,β-unsaturated/α-hetero) is 1. The fourth-order valence-electron chi connectivity index (χ4n) is 1.14. The minimum absolute atomic E-state index is 0.0248. The summed E-state index contributed by atoms with van der Waals surface area (Å²) in [6, 6.07) is 5.41. The molecule has 0 saturated carbocycles. The maximum atomic E-state index is 11.7. The molecule has 1 atom stereocenters. The number of ketones is 1. The van der Waals surface area contributed by atoms with Crippen LogP contribution in [-0.2, 0) is 10.8 Å². The molecule has 1 aromatic rings. The van der Waals surface area contributed by atoms with E-state index in [1.165, 1.54) is 0 Å². The monoisotopic (exact) mass is 400 g/mol. The molecule has 0 aliphatic heterocycles. The van der Waals surface area contributed by atoms with E-state index in [4.69, 9.17) is 0 Å². The summed E-state index contributed by atoms with van der Waals surface area (Å²) >= 11 is 5.27. The van der Waals surface area contributed by atoms with Crippen LogP contribution >= 0.6 is 38.5 Å². The Balaban J connectivity index is 3.26. The number of carbonyl (C=O) groups is 1. The second-order valence-corrected chi connectivity index (χ2v) is 6.35. The second-order valence-electron chi connectivity index (χ2n) is 2.83. The van der Waals surface area contributed by atoms with E-state index in [1.54, 1.807) is 6.07 Å². The predicted molar refractivity (Wildman–Crippen MR) is 74.2 cm³/mol. The average molecular weight is 401 g/mol. The van der Waals surface area contributed by atoms with Crippen molar-refractivity contribution in [1.82, 2.24) is 0 Å². The summed E-state index contributed by atoms with van der Waals surface area (Å²) in [6.07, 6.45) is 0. The first-order valence-electron chi connectivity index (χ1n) is 4.37. The summed E-state index contributed by atoms with van der Waals surface area (Å²) in [4.78, 5) is 12.2. The molecule has 5 heteroatoms. The van der Waals surface area contributed by atoms with Gasteiger partial charge in [-0.05, 0) is 40.8 Å². The number of benzene rings is 1. The van der Waals surface area contributed by atoms with Gasteiger partial charge in [-0.2, -0.15) is 0 Å². The van der Waals surface area contributed by atoms with E-state index >= 15 is 0 Å². The van der Waals surface area contributed by atoms with Crippen molar-refractivity contribution in [1.29, 1.82) is 0 Å². The first-order valence-corrected chi connectivity index (χ1v) is 7.89. The Morgan fingerprint density at radius 1 is 1.53 bits per heavy atom. The van der Waals surface area contributed by atoms with Gasteiger partial charge in [0.25, 0.3) is 0 Å². The highest BCUT2D eigenvalue weighted by Gasteiger charge is 2.14. The lowest BCUT2D eigenvalue weighted by Crippen LogP contribution is -2.07. The molecule has 15 heavy (non-hydrogen) atoms. The molecular weight excluding hydrogens is 391 g/mol. The summed E-state index contributed by atoms with van der Waals surface area (Å²) in [5, 5.41) is 0.265. The molecular formula is C10H10BrIO2S. The standard InChI is InChI=1S/C10H10BrIO2S/c1-2-15(14)10-5-7(12)3-4-8(10)9(13)6-11/h3-5H,2,6H2,1H3. The molecule has 0 radical (unpaired) electrons. The summed E-state index contributed by atoms with van der Waals surface area (Å²) in [6.45, 7) is 1.85. The third kappa shape index (κ3) is 3.35. The van der Waals surface area contributed by atoms with E-state index in [-0.39, 0.29) is 11.1 Å². The molecule has 0 aromatic heterocycles. The van der Waals surface area contributed by atoms with Gasteiger partial charge in [0.05, 0.1) is 21.0 Å². The summed E-state index contributed by atoms with van der Waals surface area (Å²) in [7, 11) is -1.08. The lowest BCUT2D eigenvalue weighted by atomic mass is 10.1. The van der Waals surface area contributed by atoms with Crippen LogP contribution in [0.3, 0.4) is 0 Å². The number of rotatable bonds is 4. The van der Waals surface area contributed by atoms with Crippen LogP contribution in [0.5, 0.6) is 0 Å². The van der Waals surface area contributed by atoms with Gasteiger partial charge in [-0.25, -0.2) is 0 Å². The first kappa shape index (κ1) is 13.3. The normalized spacial score (nSPS) is 12.5. The Hall–Kier alpha value is 0.250. The molecule has 0 aliphatic carbocycles. The molecule has 0 fully saturated rings. The number of carbonyl (C=O) groups excluding carboxylic acids is 1. The molecule has 82 valence electrons. The van der Waals surface area contributed by atoms with Crippen LogP contribution in [0.2, 0.25) is 0 Å². The molecule has 0 heterocycles. The van der Waals surface area contributed by atoms with Crippen molar-refractivity contribution in [3.05, 3.63) is 27.3 Å². The molecule has 0 bridgehead atoms. The second kappa shape index (κ2) is 6.10. The summed E-state index contributed by atoms with van der Waals surface area (Å²) in [5.41, 5.74) is 0.562. The number of halogens is 2. The molecule has 0 N–H and O–H groups in total. The van der Waals surface area contributed by atoms with Crippen molar-refractivity contribution in [3.63, 3.8) is 0 Å². The van der Waals surface area contributed by atoms with Crippen LogP contribution in [0, 0.1) is 3.57 Å². The number of alkyl halides is 1. The topological polar surface area (TPSA) is 34.1 Å². The highest BCUT2D eigenvalue weighted by atomic mass is 127. The van der Waals surface area contributed by atoms with Crippen molar-refractivity contribution in [3.8, 4) is 0 Å². The van der Waals surface area contributed by atoms with Gasteiger partial charge >= 0.3 is 0 Å². The van der Waals surface area contributed by atoms with Gasteiger partial charge in [0.15, 0.2) is 5.78 Å². The predicted octanol–water partition coefficient (Wildman–Crippen LogP) is 3.00. The van der Waals surface area contributed by atoms with Gasteiger partial charge in [0.1, 0.15) is 0 Å². The van der Waals surface area contributed by atoms with Crippen molar-refractivity contribution < 1.29 is 9.00 Å². The van der Waals surface area contributed by atoms with Crippen LogP contribution in [0.25, 0.3) is 0 Å². The van der Waals surface area contributed by atoms with Crippen molar-refractivity contribution in [2.75, 3.05) is 11.1 Å². The van der Waals surface area contributed by atoms with Gasteiger partial charge in [0, 0.05) is 14.9 Å². The molecule has 1 rings (SSSR count). The highest BCUT2D eigenvalue weighted by molar-refractivity contribution is 14.1. The van der Waals surface area contributed by atoms with Crippen molar-refractivity contribution in [2.24, 2.45) is 0 Å². The van der Waals surface area contributed by atoms with Crippen LogP contribution in [-0.4, -0.2) is 21.1 Å². The Morgan fingerprint density at radius 3 is 2.73 bits per heavy atom. The van der Waals surface area contributed by atoms with Gasteiger partial charge in [-0.3, -0.25) is 9.00 Å². The third-order valence-corrected chi connectivity index (χ3v) is 4.41. The third-order valence-electron chi connectivity index (χ3n) is 1.87. The van der Waals surface area contributed by atoms with E-state index < -0.39 is 10.8 Å². The summed E-state index contributed by atoms with van der Waals surface area (Å²) < 4.78 is 12.7. The van der Waals surface area contributed by atoms with Gasteiger partial charge in [-0.1, -0.05) is 22.9 Å². The van der Waals surface area contributed by atoms with E-state index in [9.17, 15) is 9.00 Å². The Kier molecular flexibility index (Phi) is 5.42.